The number of halogens is 1. The van der Waals surface area contributed by atoms with Crippen LogP contribution in [0.3, 0.4) is 0 Å². The van der Waals surface area contributed by atoms with Gasteiger partial charge in [-0.25, -0.2) is 4.79 Å². The first kappa shape index (κ1) is 14.4. The first-order chi connectivity index (χ1) is 9.56. The number of anilines is 1. The van der Waals surface area contributed by atoms with E-state index in [1.54, 1.807) is 6.07 Å². The maximum Gasteiger partial charge on any atom is 0.335 e. The van der Waals surface area contributed by atoms with Crippen molar-refractivity contribution in [2.45, 2.75) is 19.8 Å². The molecule has 6 heteroatoms. The lowest BCUT2D eigenvalue weighted by Gasteiger charge is -2.08. The smallest absolute Gasteiger partial charge is 0.335 e. The maximum atomic E-state index is 11.7. The van der Waals surface area contributed by atoms with Crippen LogP contribution in [0, 0.1) is 0 Å². The summed E-state index contributed by atoms with van der Waals surface area (Å²) in [7, 11) is 0. The molecule has 1 amide bonds. The van der Waals surface area contributed by atoms with Crippen LogP contribution in [0.25, 0.3) is 10.9 Å². The lowest BCUT2D eigenvalue weighted by molar-refractivity contribution is -0.115. The van der Waals surface area contributed by atoms with Crippen molar-refractivity contribution in [3.05, 3.63) is 29.5 Å². The number of aromatic carboxylic acids is 1. The fraction of sp³-hybridized carbons (Fsp3) is 0.286. The highest BCUT2D eigenvalue weighted by Crippen LogP contribution is 2.28. The van der Waals surface area contributed by atoms with Gasteiger partial charge in [0, 0.05) is 23.9 Å². The summed E-state index contributed by atoms with van der Waals surface area (Å²) in [6.45, 7) is 1.99. The summed E-state index contributed by atoms with van der Waals surface area (Å²) >= 11 is 5.53. The number of H-pyrrole nitrogens is 1. The van der Waals surface area contributed by atoms with Crippen LogP contribution < -0.4 is 5.32 Å². The van der Waals surface area contributed by atoms with Crippen molar-refractivity contribution in [3.63, 3.8) is 0 Å². The molecule has 106 valence electrons. The molecule has 0 aliphatic heterocycles. The number of carboxylic acids is 1. The Bertz CT molecular complexity index is 664. The molecule has 0 unspecified atom stereocenters. The number of carbonyl (C=O) groups is 2. The van der Waals surface area contributed by atoms with Crippen molar-refractivity contribution in [2.24, 2.45) is 0 Å². The molecule has 5 nitrogen and oxygen atoms in total. The predicted molar refractivity (Wildman–Crippen MR) is 78.6 cm³/mol. The summed E-state index contributed by atoms with van der Waals surface area (Å²) in [5.74, 6) is -1.04. The minimum absolute atomic E-state index is 0.146. The Labute approximate surface area is 120 Å². The summed E-state index contributed by atoms with van der Waals surface area (Å²) < 4.78 is 0. The zero-order chi connectivity index (χ0) is 14.7. The Balaban J connectivity index is 2.53. The van der Waals surface area contributed by atoms with E-state index in [0.717, 1.165) is 22.9 Å². The molecule has 0 saturated carbocycles. The average molecular weight is 295 g/mol. The van der Waals surface area contributed by atoms with Crippen LogP contribution in [0.15, 0.2) is 18.3 Å². The predicted octanol–water partition coefficient (Wildman–Crippen LogP) is 3.00. The van der Waals surface area contributed by atoms with Crippen LogP contribution in [0.2, 0.25) is 0 Å². The first-order valence-corrected chi connectivity index (χ1v) is 6.83. The molecule has 0 spiro atoms. The molecule has 0 fully saturated rings. The minimum atomic E-state index is -1.03. The number of nitrogens with one attached hydrogen (secondary N) is 2. The number of alkyl halides is 1. The molecular weight excluding hydrogens is 280 g/mol. The van der Waals surface area contributed by atoms with Crippen LogP contribution >= 0.6 is 11.6 Å². The Hall–Kier alpha value is -2.01. The van der Waals surface area contributed by atoms with E-state index >= 15 is 0 Å². The number of fused-ring (bicyclic) bond motifs is 1. The number of amides is 1. The molecule has 1 aromatic heterocycles. The van der Waals surface area contributed by atoms with Gasteiger partial charge in [0.05, 0.1) is 16.8 Å². The summed E-state index contributed by atoms with van der Waals surface area (Å²) in [6, 6.07) is 3.07. The number of hydrogen-bond donors (Lipinski definition) is 3. The number of carboxylic acid groups (broad SMARTS) is 1. The highest BCUT2D eigenvalue weighted by atomic mass is 35.5. The van der Waals surface area contributed by atoms with Crippen LogP contribution in [0.4, 0.5) is 5.69 Å². The van der Waals surface area contributed by atoms with Crippen LogP contribution in [-0.2, 0) is 11.2 Å². The van der Waals surface area contributed by atoms with E-state index in [9.17, 15) is 9.59 Å². The Kier molecular flexibility index (Phi) is 4.29. The monoisotopic (exact) mass is 294 g/mol. The zero-order valence-electron chi connectivity index (χ0n) is 11.0. The number of hydrogen-bond acceptors (Lipinski definition) is 2. The lowest BCUT2D eigenvalue weighted by Crippen LogP contribution is -2.12. The molecule has 2 rings (SSSR count). The van der Waals surface area contributed by atoms with Crippen molar-refractivity contribution in [1.29, 1.82) is 0 Å². The van der Waals surface area contributed by atoms with E-state index in [4.69, 9.17) is 16.7 Å². The van der Waals surface area contributed by atoms with Crippen molar-refractivity contribution in [2.75, 3.05) is 11.2 Å². The summed E-state index contributed by atoms with van der Waals surface area (Å²) in [4.78, 5) is 25.9. The normalized spacial score (nSPS) is 10.7. The molecule has 2 aromatic rings. The fourth-order valence-electron chi connectivity index (χ4n) is 2.10. The van der Waals surface area contributed by atoms with Gasteiger partial charge in [-0.15, -0.1) is 11.6 Å². The van der Waals surface area contributed by atoms with Gasteiger partial charge >= 0.3 is 5.97 Å². The summed E-state index contributed by atoms with van der Waals surface area (Å²) in [5, 5.41) is 12.7. The second-order valence-corrected chi connectivity index (χ2v) is 4.78. The van der Waals surface area contributed by atoms with Crippen molar-refractivity contribution < 1.29 is 14.7 Å². The van der Waals surface area contributed by atoms with Gasteiger partial charge < -0.3 is 15.4 Å². The van der Waals surface area contributed by atoms with E-state index < -0.39 is 5.97 Å². The van der Waals surface area contributed by atoms with Gasteiger partial charge in [0.15, 0.2) is 0 Å². The second-order valence-electron chi connectivity index (χ2n) is 4.41. The van der Waals surface area contributed by atoms with Gasteiger partial charge in [0.1, 0.15) is 0 Å². The van der Waals surface area contributed by atoms with E-state index in [0.29, 0.717) is 5.69 Å². The van der Waals surface area contributed by atoms with Crippen LogP contribution in [-0.4, -0.2) is 27.8 Å². The zero-order valence-corrected chi connectivity index (χ0v) is 11.8. The number of aromatic nitrogens is 1. The quantitative estimate of drug-likeness (QED) is 0.741. The van der Waals surface area contributed by atoms with Gasteiger partial charge in [-0.2, -0.15) is 0 Å². The topological polar surface area (TPSA) is 82.2 Å². The molecule has 1 heterocycles. The molecule has 1 aromatic carbocycles. The maximum absolute atomic E-state index is 11.7. The summed E-state index contributed by atoms with van der Waals surface area (Å²) in [6.07, 6.45) is 2.79. The molecule has 0 aliphatic rings. The number of rotatable bonds is 5. The van der Waals surface area contributed by atoms with E-state index in [-0.39, 0.29) is 23.8 Å². The molecular formula is C14H15ClN2O3. The van der Waals surface area contributed by atoms with Gasteiger partial charge in [-0.05, 0) is 24.1 Å². The first-order valence-electron chi connectivity index (χ1n) is 6.30. The number of aromatic amines is 1. The average Bonchev–Trinajstić information content (AvgIpc) is 2.82. The van der Waals surface area contributed by atoms with Crippen molar-refractivity contribution in [1.82, 2.24) is 4.98 Å². The lowest BCUT2D eigenvalue weighted by atomic mass is 10.1. The van der Waals surface area contributed by atoms with Crippen molar-refractivity contribution >= 4 is 40.1 Å². The van der Waals surface area contributed by atoms with E-state index in [1.807, 2.05) is 13.1 Å². The SMILES string of the molecule is CCc1c[nH]c2c(NC(=O)CCCl)cc(C(=O)O)cc12. The molecule has 0 radical (unpaired) electrons. The third-order valence-electron chi connectivity index (χ3n) is 3.10. The Morgan fingerprint density at radius 3 is 2.75 bits per heavy atom. The third kappa shape index (κ3) is 2.77. The molecule has 3 N–H and O–H groups in total. The van der Waals surface area contributed by atoms with Gasteiger partial charge in [-0.3, -0.25) is 4.79 Å². The largest absolute Gasteiger partial charge is 0.478 e. The van der Waals surface area contributed by atoms with Crippen LogP contribution in [0.5, 0.6) is 0 Å². The fourth-order valence-corrected chi connectivity index (χ4v) is 2.27. The standard InChI is InChI=1S/C14H15ClN2O3/c1-2-8-7-16-13-10(8)5-9(14(19)20)6-11(13)17-12(18)3-4-15/h5-7,16H,2-4H2,1H3,(H,17,18)(H,19,20). The highest BCUT2D eigenvalue weighted by molar-refractivity contribution is 6.19. The molecule has 0 aliphatic carbocycles. The van der Waals surface area contributed by atoms with E-state index in [1.165, 1.54) is 6.07 Å². The third-order valence-corrected chi connectivity index (χ3v) is 3.29. The highest BCUT2D eigenvalue weighted by Gasteiger charge is 2.14. The minimum Gasteiger partial charge on any atom is -0.478 e. The molecule has 0 saturated heterocycles. The van der Waals surface area contributed by atoms with Crippen molar-refractivity contribution in [3.8, 4) is 0 Å². The van der Waals surface area contributed by atoms with Gasteiger partial charge in [0.2, 0.25) is 5.91 Å². The summed E-state index contributed by atoms with van der Waals surface area (Å²) in [5.41, 5.74) is 2.36. The number of aryl methyl sites for hydroxylation is 1. The second kappa shape index (κ2) is 5.96. The van der Waals surface area contributed by atoms with Crippen LogP contribution in [0.1, 0.15) is 29.3 Å². The number of benzene rings is 1. The molecule has 0 atom stereocenters. The Morgan fingerprint density at radius 1 is 1.40 bits per heavy atom. The Morgan fingerprint density at radius 2 is 2.15 bits per heavy atom. The molecule has 0 bridgehead atoms. The molecule has 20 heavy (non-hydrogen) atoms. The van der Waals surface area contributed by atoms with E-state index in [2.05, 4.69) is 10.3 Å². The van der Waals surface area contributed by atoms with Gasteiger partial charge in [0.25, 0.3) is 0 Å². The van der Waals surface area contributed by atoms with Gasteiger partial charge in [-0.1, -0.05) is 6.92 Å². The number of carbonyl (C=O) groups excluding carboxylic acids is 1.